The molecule has 0 spiro atoms. The van der Waals surface area contributed by atoms with Gasteiger partial charge in [0.25, 0.3) is 0 Å². The summed E-state index contributed by atoms with van der Waals surface area (Å²) >= 11 is 0. The number of hydrogen-bond acceptors (Lipinski definition) is 5. The molecule has 1 aromatic carbocycles. The normalized spacial score (nSPS) is 12.7. The van der Waals surface area contributed by atoms with Crippen molar-refractivity contribution in [1.82, 2.24) is 10.6 Å². The monoisotopic (exact) mass is 321 g/mol. The third-order valence-corrected chi connectivity index (χ3v) is 3.42. The lowest BCUT2D eigenvalue weighted by Gasteiger charge is -2.15. The number of amides is 1. The minimum Gasteiger partial charge on any atom is -0.508 e. The molecule has 0 heterocycles. The fourth-order valence-corrected chi connectivity index (χ4v) is 2.12. The van der Waals surface area contributed by atoms with Gasteiger partial charge in [0, 0.05) is 24.3 Å². The van der Waals surface area contributed by atoms with Crippen LogP contribution in [0, 0.1) is 0 Å². The van der Waals surface area contributed by atoms with Gasteiger partial charge in [-0.05, 0) is 25.5 Å². The second kappa shape index (κ2) is 9.61. The summed E-state index contributed by atoms with van der Waals surface area (Å²) in [5.74, 6) is -0.135. The van der Waals surface area contributed by atoms with Crippen molar-refractivity contribution in [3.05, 3.63) is 30.0 Å². The number of nitrogens with two attached hydrogens (primary N) is 1. The summed E-state index contributed by atoms with van der Waals surface area (Å²) in [7, 11) is 0. The Morgan fingerprint density at radius 3 is 2.70 bits per heavy atom. The number of unbranched alkanes of at least 4 members (excludes halogenated alkanes) is 3. The number of benzene rings is 1. The van der Waals surface area contributed by atoms with Crippen LogP contribution in [-0.2, 0) is 4.79 Å². The zero-order valence-electron chi connectivity index (χ0n) is 13.8. The summed E-state index contributed by atoms with van der Waals surface area (Å²) < 4.78 is 0. The Bertz CT molecular complexity index is 544. The first-order valence-corrected chi connectivity index (χ1v) is 7.97. The Labute approximate surface area is 137 Å². The third-order valence-electron chi connectivity index (χ3n) is 3.42. The van der Waals surface area contributed by atoms with E-state index in [0.717, 1.165) is 25.7 Å². The molecule has 0 saturated carbocycles. The van der Waals surface area contributed by atoms with Gasteiger partial charge in [-0.3, -0.25) is 4.79 Å². The molecule has 0 saturated heterocycles. The van der Waals surface area contributed by atoms with Gasteiger partial charge in [-0.25, -0.2) is 0 Å². The van der Waals surface area contributed by atoms with Crippen LogP contribution in [0.4, 0.5) is 0 Å². The van der Waals surface area contributed by atoms with E-state index in [9.17, 15) is 15.0 Å². The highest BCUT2D eigenvalue weighted by Crippen LogP contribution is 2.25. The molecular formula is C17H27N3O3. The minimum absolute atomic E-state index is 0.000514. The molecule has 0 aliphatic rings. The van der Waals surface area contributed by atoms with Gasteiger partial charge in [0.05, 0.1) is 11.9 Å². The molecular weight excluding hydrogens is 294 g/mol. The smallest absolute Gasteiger partial charge is 0.221 e. The van der Waals surface area contributed by atoms with Crippen molar-refractivity contribution in [2.24, 2.45) is 5.73 Å². The Morgan fingerprint density at radius 1 is 1.30 bits per heavy atom. The lowest BCUT2D eigenvalue weighted by molar-refractivity contribution is -0.121. The van der Waals surface area contributed by atoms with E-state index in [-0.39, 0.29) is 23.6 Å². The Morgan fingerprint density at radius 2 is 2.04 bits per heavy atom. The van der Waals surface area contributed by atoms with Crippen LogP contribution in [0.15, 0.2) is 24.4 Å². The summed E-state index contributed by atoms with van der Waals surface area (Å²) in [5.41, 5.74) is 6.60. The molecule has 0 aromatic heterocycles. The molecule has 0 bridgehead atoms. The second-order valence-corrected chi connectivity index (χ2v) is 5.57. The van der Waals surface area contributed by atoms with E-state index < -0.39 is 0 Å². The SMILES string of the molecule is CCCCCCC(=O)NC(C)N/C=C(\N)c1ccc(O)cc1O. The van der Waals surface area contributed by atoms with Crippen molar-refractivity contribution >= 4 is 11.6 Å². The zero-order valence-corrected chi connectivity index (χ0v) is 13.8. The van der Waals surface area contributed by atoms with Crippen LogP contribution in [0.25, 0.3) is 5.70 Å². The van der Waals surface area contributed by atoms with Crippen molar-refractivity contribution < 1.29 is 15.0 Å². The van der Waals surface area contributed by atoms with Crippen LogP contribution in [0.2, 0.25) is 0 Å². The maximum absolute atomic E-state index is 11.8. The molecule has 6 heteroatoms. The largest absolute Gasteiger partial charge is 0.508 e. The Kier molecular flexibility index (Phi) is 7.80. The minimum atomic E-state index is -0.272. The number of phenols is 2. The van der Waals surface area contributed by atoms with Gasteiger partial charge >= 0.3 is 0 Å². The van der Waals surface area contributed by atoms with Crippen molar-refractivity contribution in [2.45, 2.75) is 52.1 Å². The first-order valence-electron chi connectivity index (χ1n) is 7.97. The highest BCUT2D eigenvalue weighted by Gasteiger charge is 2.07. The summed E-state index contributed by atoms with van der Waals surface area (Å²) in [5, 5.41) is 24.8. The Balaban J connectivity index is 2.44. The Hall–Kier alpha value is -2.37. The summed E-state index contributed by atoms with van der Waals surface area (Å²) in [6.45, 7) is 3.94. The van der Waals surface area contributed by atoms with Crippen molar-refractivity contribution in [2.75, 3.05) is 0 Å². The molecule has 6 nitrogen and oxygen atoms in total. The molecule has 128 valence electrons. The topological polar surface area (TPSA) is 108 Å². The standard InChI is InChI=1S/C17H27N3O3/c1-3-4-5-6-7-17(23)20-12(2)19-11-15(18)14-9-8-13(21)10-16(14)22/h8-12,19,21-22H,3-7,18H2,1-2H3,(H,20,23)/b15-11-. The van der Waals surface area contributed by atoms with Gasteiger partial charge in [-0.15, -0.1) is 0 Å². The lowest BCUT2D eigenvalue weighted by atomic mass is 10.1. The van der Waals surface area contributed by atoms with E-state index in [4.69, 9.17) is 5.73 Å². The van der Waals surface area contributed by atoms with E-state index in [0.29, 0.717) is 17.7 Å². The lowest BCUT2D eigenvalue weighted by Crippen LogP contribution is -2.41. The molecule has 1 atom stereocenters. The first-order chi connectivity index (χ1) is 10.9. The van der Waals surface area contributed by atoms with Crippen molar-refractivity contribution in [1.29, 1.82) is 0 Å². The van der Waals surface area contributed by atoms with E-state index >= 15 is 0 Å². The van der Waals surface area contributed by atoms with Gasteiger partial charge in [-0.2, -0.15) is 0 Å². The fraction of sp³-hybridized carbons (Fsp3) is 0.471. The molecule has 0 radical (unpaired) electrons. The second-order valence-electron chi connectivity index (χ2n) is 5.57. The summed E-state index contributed by atoms with van der Waals surface area (Å²) in [6.07, 6.45) is 6.03. The van der Waals surface area contributed by atoms with Crippen LogP contribution in [-0.4, -0.2) is 22.3 Å². The number of rotatable bonds is 9. The molecule has 0 fully saturated rings. The number of carbonyl (C=O) groups is 1. The van der Waals surface area contributed by atoms with E-state index in [1.54, 1.807) is 0 Å². The van der Waals surface area contributed by atoms with Crippen LogP contribution in [0.3, 0.4) is 0 Å². The van der Waals surface area contributed by atoms with Gasteiger partial charge in [0.1, 0.15) is 11.5 Å². The molecule has 0 aliphatic heterocycles. The molecule has 6 N–H and O–H groups in total. The van der Waals surface area contributed by atoms with Gasteiger partial charge in [0.15, 0.2) is 0 Å². The average molecular weight is 321 g/mol. The number of carbonyl (C=O) groups excluding carboxylic acids is 1. The van der Waals surface area contributed by atoms with Gasteiger partial charge in [-0.1, -0.05) is 26.2 Å². The van der Waals surface area contributed by atoms with E-state index in [2.05, 4.69) is 17.6 Å². The maximum Gasteiger partial charge on any atom is 0.221 e. The van der Waals surface area contributed by atoms with Crippen LogP contribution < -0.4 is 16.4 Å². The molecule has 1 aromatic rings. The van der Waals surface area contributed by atoms with E-state index in [1.807, 2.05) is 6.92 Å². The van der Waals surface area contributed by atoms with Crippen molar-refractivity contribution in [3.63, 3.8) is 0 Å². The molecule has 23 heavy (non-hydrogen) atoms. The maximum atomic E-state index is 11.8. The fourth-order valence-electron chi connectivity index (χ4n) is 2.12. The number of hydrogen-bond donors (Lipinski definition) is 5. The molecule has 1 amide bonds. The zero-order chi connectivity index (χ0) is 17.2. The number of phenolic OH excluding ortho intramolecular Hbond substituents is 2. The molecule has 1 rings (SSSR count). The molecule has 1 unspecified atom stereocenters. The predicted molar refractivity (Wildman–Crippen MR) is 91.4 cm³/mol. The first kappa shape index (κ1) is 18.7. The average Bonchev–Trinajstić information content (AvgIpc) is 2.49. The quantitative estimate of drug-likeness (QED) is 0.354. The highest BCUT2D eigenvalue weighted by atomic mass is 16.3. The van der Waals surface area contributed by atoms with Gasteiger partial charge in [0.2, 0.25) is 5.91 Å². The summed E-state index contributed by atoms with van der Waals surface area (Å²) in [6, 6.07) is 4.18. The van der Waals surface area contributed by atoms with Crippen LogP contribution >= 0.6 is 0 Å². The third kappa shape index (κ3) is 6.95. The number of nitrogens with one attached hydrogen (secondary N) is 2. The van der Waals surface area contributed by atoms with E-state index in [1.165, 1.54) is 24.4 Å². The number of aromatic hydroxyl groups is 2. The van der Waals surface area contributed by atoms with Crippen LogP contribution in [0.1, 0.15) is 51.5 Å². The molecule has 0 aliphatic carbocycles. The predicted octanol–water partition coefficient (Wildman–Crippen LogP) is 2.38. The summed E-state index contributed by atoms with van der Waals surface area (Å²) in [4.78, 5) is 11.8. The highest BCUT2D eigenvalue weighted by molar-refractivity contribution is 5.76. The van der Waals surface area contributed by atoms with Crippen molar-refractivity contribution in [3.8, 4) is 11.5 Å². The van der Waals surface area contributed by atoms with Gasteiger partial charge < -0.3 is 26.6 Å². The van der Waals surface area contributed by atoms with Crippen LogP contribution in [0.5, 0.6) is 11.5 Å².